The van der Waals surface area contributed by atoms with Crippen LogP contribution in [0.1, 0.15) is 44.7 Å². The third kappa shape index (κ3) is 4.67. The van der Waals surface area contributed by atoms with Gasteiger partial charge in [-0.05, 0) is 37.6 Å². The molecule has 1 aromatic rings. The van der Waals surface area contributed by atoms with E-state index in [2.05, 4.69) is 25.2 Å². The first-order valence-electron chi connectivity index (χ1n) is 5.73. The van der Waals surface area contributed by atoms with Crippen molar-refractivity contribution < 1.29 is 0 Å². The number of nitrogens with one attached hydrogen (secondary N) is 1. The largest absolute Gasteiger partial charge is 0.310 e. The number of unbranched alkanes of at least 4 members (excludes halogenated alkanes) is 2. The lowest BCUT2D eigenvalue weighted by molar-refractivity contribution is 0.544. The van der Waals surface area contributed by atoms with Gasteiger partial charge in [-0.15, -0.1) is 0 Å². The third-order valence-corrected chi connectivity index (χ3v) is 2.81. The van der Waals surface area contributed by atoms with Gasteiger partial charge in [0.2, 0.25) is 0 Å². The molecule has 1 N–H and O–H groups in total. The van der Waals surface area contributed by atoms with Crippen LogP contribution >= 0.6 is 11.6 Å². The maximum Gasteiger partial charge on any atom is 0.0409 e. The van der Waals surface area contributed by atoms with Crippen LogP contribution in [0.25, 0.3) is 0 Å². The summed E-state index contributed by atoms with van der Waals surface area (Å²) in [6.07, 6.45) is 3.82. The van der Waals surface area contributed by atoms with Gasteiger partial charge in [0, 0.05) is 11.1 Å². The highest BCUT2D eigenvalue weighted by molar-refractivity contribution is 6.30. The molecule has 0 aliphatic carbocycles. The van der Waals surface area contributed by atoms with E-state index >= 15 is 0 Å². The van der Waals surface area contributed by atoms with Crippen LogP contribution in [-0.4, -0.2) is 6.54 Å². The number of rotatable bonds is 6. The van der Waals surface area contributed by atoms with Crippen LogP contribution in [0.3, 0.4) is 0 Å². The highest BCUT2D eigenvalue weighted by atomic mass is 35.5. The average Bonchev–Trinajstić information content (AvgIpc) is 2.24. The monoisotopic (exact) mass is 225 g/mol. The van der Waals surface area contributed by atoms with Crippen LogP contribution in [0, 0.1) is 0 Å². The van der Waals surface area contributed by atoms with Crippen molar-refractivity contribution in [2.45, 2.75) is 39.2 Å². The summed E-state index contributed by atoms with van der Waals surface area (Å²) in [5, 5.41) is 4.32. The zero-order valence-electron chi connectivity index (χ0n) is 9.59. The van der Waals surface area contributed by atoms with Gasteiger partial charge in [0.1, 0.15) is 0 Å². The van der Waals surface area contributed by atoms with E-state index in [1.165, 1.54) is 24.8 Å². The Hall–Kier alpha value is -0.530. The molecule has 1 nitrogen and oxygen atoms in total. The zero-order chi connectivity index (χ0) is 11.1. The van der Waals surface area contributed by atoms with Crippen molar-refractivity contribution in [2.75, 3.05) is 6.54 Å². The van der Waals surface area contributed by atoms with Gasteiger partial charge < -0.3 is 5.32 Å². The van der Waals surface area contributed by atoms with E-state index in [9.17, 15) is 0 Å². The Morgan fingerprint density at radius 3 is 2.80 bits per heavy atom. The lowest BCUT2D eigenvalue weighted by Crippen LogP contribution is -2.19. The van der Waals surface area contributed by atoms with E-state index in [-0.39, 0.29) is 0 Å². The second-order valence-electron chi connectivity index (χ2n) is 3.94. The summed E-state index contributed by atoms with van der Waals surface area (Å²) in [6.45, 7) is 5.49. The minimum atomic E-state index is 0.389. The zero-order valence-corrected chi connectivity index (χ0v) is 10.3. The normalized spacial score (nSPS) is 12.7. The van der Waals surface area contributed by atoms with Crippen LogP contribution in [0.2, 0.25) is 5.02 Å². The molecule has 0 bridgehead atoms. The van der Waals surface area contributed by atoms with Crippen molar-refractivity contribution in [2.24, 2.45) is 0 Å². The SMILES string of the molecule is CCCCCN[C@@H](C)c1cccc(Cl)c1. The van der Waals surface area contributed by atoms with Crippen molar-refractivity contribution >= 4 is 11.6 Å². The van der Waals surface area contributed by atoms with E-state index in [0.29, 0.717) is 6.04 Å². The quantitative estimate of drug-likeness (QED) is 0.717. The molecule has 0 radical (unpaired) electrons. The first-order chi connectivity index (χ1) is 7.24. The number of hydrogen-bond donors (Lipinski definition) is 1. The Morgan fingerprint density at radius 1 is 1.33 bits per heavy atom. The van der Waals surface area contributed by atoms with Gasteiger partial charge in [-0.25, -0.2) is 0 Å². The van der Waals surface area contributed by atoms with Gasteiger partial charge in [0.15, 0.2) is 0 Å². The molecule has 0 aliphatic heterocycles. The first kappa shape index (κ1) is 12.5. The molecule has 0 saturated heterocycles. The third-order valence-electron chi connectivity index (χ3n) is 2.58. The molecule has 0 amide bonds. The van der Waals surface area contributed by atoms with Crippen LogP contribution < -0.4 is 5.32 Å². The Balaban J connectivity index is 2.36. The first-order valence-corrected chi connectivity index (χ1v) is 6.10. The molecule has 0 heterocycles. The Bertz CT molecular complexity index is 286. The van der Waals surface area contributed by atoms with Crippen molar-refractivity contribution in [1.29, 1.82) is 0 Å². The molecule has 0 unspecified atom stereocenters. The maximum atomic E-state index is 5.94. The summed E-state index contributed by atoms with van der Waals surface area (Å²) in [5.74, 6) is 0. The fourth-order valence-corrected chi connectivity index (χ4v) is 1.79. The summed E-state index contributed by atoms with van der Waals surface area (Å²) < 4.78 is 0. The smallest absolute Gasteiger partial charge is 0.0409 e. The van der Waals surface area contributed by atoms with Crippen molar-refractivity contribution in [3.05, 3.63) is 34.9 Å². The van der Waals surface area contributed by atoms with E-state index in [1.54, 1.807) is 0 Å². The molecule has 0 aliphatic rings. The van der Waals surface area contributed by atoms with E-state index in [0.717, 1.165) is 11.6 Å². The predicted molar refractivity (Wildman–Crippen MR) is 67.4 cm³/mol. The Labute approximate surface area is 97.8 Å². The number of benzene rings is 1. The van der Waals surface area contributed by atoms with Crippen LogP contribution in [0.15, 0.2) is 24.3 Å². The molecule has 1 aromatic carbocycles. The van der Waals surface area contributed by atoms with Gasteiger partial charge >= 0.3 is 0 Å². The van der Waals surface area contributed by atoms with Gasteiger partial charge in [-0.2, -0.15) is 0 Å². The van der Waals surface area contributed by atoms with E-state index in [1.807, 2.05) is 18.2 Å². The highest BCUT2D eigenvalue weighted by Gasteiger charge is 2.03. The Morgan fingerprint density at radius 2 is 2.13 bits per heavy atom. The minimum absolute atomic E-state index is 0.389. The fourth-order valence-electron chi connectivity index (χ4n) is 1.59. The van der Waals surface area contributed by atoms with E-state index < -0.39 is 0 Å². The molecule has 15 heavy (non-hydrogen) atoms. The van der Waals surface area contributed by atoms with Gasteiger partial charge in [0.05, 0.1) is 0 Å². The summed E-state index contributed by atoms with van der Waals surface area (Å²) in [6, 6.07) is 8.44. The van der Waals surface area contributed by atoms with Gasteiger partial charge in [-0.3, -0.25) is 0 Å². The van der Waals surface area contributed by atoms with Gasteiger partial charge in [0.25, 0.3) is 0 Å². The summed E-state index contributed by atoms with van der Waals surface area (Å²) in [7, 11) is 0. The predicted octanol–water partition coefficient (Wildman–Crippen LogP) is 4.18. The van der Waals surface area contributed by atoms with Gasteiger partial charge in [-0.1, -0.05) is 43.5 Å². The lowest BCUT2D eigenvalue weighted by atomic mass is 10.1. The fraction of sp³-hybridized carbons (Fsp3) is 0.538. The molecule has 0 saturated carbocycles. The number of hydrogen-bond acceptors (Lipinski definition) is 1. The van der Waals surface area contributed by atoms with Crippen LogP contribution in [0.5, 0.6) is 0 Å². The molecule has 0 fully saturated rings. The standard InChI is InChI=1S/C13H20ClN/c1-3-4-5-9-15-11(2)12-7-6-8-13(14)10-12/h6-8,10-11,15H,3-5,9H2,1-2H3/t11-/m0/s1. The van der Waals surface area contributed by atoms with Crippen LogP contribution in [-0.2, 0) is 0 Å². The topological polar surface area (TPSA) is 12.0 Å². The minimum Gasteiger partial charge on any atom is -0.310 e. The van der Waals surface area contributed by atoms with Crippen LogP contribution in [0.4, 0.5) is 0 Å². The average molecular weight is 226 g/mol. The molecule has 84 valence electrons. The maximum absolute atomic E-state index is 5.94. The van der Waals surface area contributed by atoms with E-state index in [4.69, 9.17) is 11.6 Å². The highest BCUT2D eigenvalue weighted by Crippen LogP contribution is 2.17. The molecule has 0 aromatic heterocycles. The number of halogens is 1. The second kappa shape index (κ2) is 6.86. The van der Waals surface area contributed by atoms with Crippen molar-refractivity contribution in [1.82, 2.24) is 5.32 Å². The summed E-state index contributed by atoms with van der Waals surface area (Å²) in [5.41, 5.74) is 1.26. The lowest BCUT2D eigenvalue weighted by Gasteiger charge is -2.14. The molecule has 1 rings (SSSR count). The Kier molecular flexibility index (Phi) is 5.74. The molecule has 2 heteroatoms. The molecule has 0 spiro atoms. The molecule has 1 atom stereocenters. The molecular formula is C13H20ClN. The summed E-state index contributed by atoms with van der Waals surface area (Å²) >= 11 is 5.94. The second-order valence-corrected chi connectivity index (χ2v) is 4.37. The van der Waals surface area contributed by atoms with Crippen molar-refractivity contribution in [3.63, 3.8) is 0 Å². The molecular weight excluding hydrogens is 206 g/mol. The van der Waals surface area contributed by atoms with Crippen molar-refractivity contribution in [3.8, 4) is 0 Å². The summed E-state index contributed by atoms with van der Waals surface area (Å²) in [4.78, 5) is 0.